The van der Waals surface area contributed by atoms with Crippen molar-refractivity contribution in [2.45, 2.75) is 38.3 Å². The van der Waals surface area contributed by atoms with E-state index >= 15 is 0 Å². The Labute approximate surface area is 112 Å². The lowest BCUT2D eigenvalue weighted by Gasteiger charge is -2.27. The zero-order valence-corrected chi connectivity index (χ0v) is 10.8. The van der Waals surface area contributed by atoms with Gasteiger partial charge in [0.2, 0.25) is 0 Å². The Balaban J connectivity index is 1.53. The quantitative estimate of drug-likeness (QED) is 0.905. The Morgan fingerprint density at radius 3 is 3.05 bits per heavy atom. The van der Waals surface area contributed by atoms with Crippen LogP contribution in [-0.2, 0) is 19.5 Å². The van der Waals surface area contributed by atoms with Gasteiger partial charge in [0.1, 0.15) is 11.6 Å². The highest BCUT2D eigenvalue weighted by molar-refractivity contribution is 5.22. The Bertz CT molecular complexity index is 574. The van der Waals surface area contributed by atoms with Gasteiger partial charge in [0.05, 0.1) is 12.2 Å². The van der Waals surface area contributed by atoms with E-state index in [-0.39, 0.29) is 0 Å². The van der Waals surface area contributed by atoms with Gasteiger partial charge < -0.3 is 4.98 Å². The molecule has 5 heteroatoms. The molecule has 98 valence electrons. The first-order chi connectivity index (χ1) is 9.38. The molecule has 0 spiro atoms. The van der Waals surface area contributed by atoms with Crippen LogP contribution in [0.1, 0.15) is 41.7 Å². The van der Waals surface area contributed by atoms with E-state index < -0.39 is 0 Å². The van der Waals surface area contributed by atoms with E-state index in [2.05, 4.69) is 19.9 Å². The van der Waals surface area contributed by atoms with Gasteiger partial charge in [0.25, 0.3) is 0 Å². The van der Waals surface area contributed by atoms with Crippen LogP contribution in [0.15, 0.2) is 18.6 Å². The lowest BCUT2D eigenvalue weighted by atomic mass is 10.1. The minimum Gasteiger partial charge on any atom is -0.348 e. The highest BCUT2D eigenvalue weighted by Crippen LogP contribution is 2.38. The van der Waals surface area contributed by atoms with Crippen LogP contribution in [0, 0.1) is 0 Å². The van der Waals surface area contributed by atoms with Gasteiger partial charge in [-0.3, -0.25) is 4.90 Å². The zero-order valence-electron chi connectivity index (χ0n) is 10.8. The van der Waals surface area contributed by atoms with E-state index in [0.29, 0.717) is 5.92 Å². The minimum absolute atomic E-state index is 0.630. The molecule has 1 saturated carbocycles. The molecule has 19 heavy (non-hydrogen) atoms. The van der Waals surface area contributed by atoms with E-state index in [9.17, 15) is 0 Å². The molecule has 5 nitrogen and oxygen atoms in total. The van der Waals surface area contributed by atoms with Gasteiger partial charge >= 0.3 is 0 Å². The van der Waals surface area contributed by atoms with E-state index in [1.54, 1.807) is 6.20 Å². The predicted molar refractivity (Wildman–Crippen MR) is 70.4 cm³/mol. The SMILES string of the molecule is c1c[nH]c(CN2CCc3cnc(C4CC4)nc3C2)n1. The molecule has 2 aliphatic rings. The summed E-state index contributed by atoms with van der Waals surface area (Å²) in [5.74, 6) is 2.71. The summed E-state index contributed by atoms with van der Waals surface area (Å²) < 4.78 is 0. The molecule has 1 fully saturated rings. The molecule has 1 aliphatic heterocycles. The maximum absolute atomic E-state index is 4.77. The average Bonchev–Trinajstić information content (AvgIpc) is 3.17. The van der Waals surface area contributed by atoms with Crippen LogP contribution < -0.4 is 0 Å². The van der Waals surface area contributed by atoms with Crippen molar-refractivity contribution in [3.05, 3.63) is 41.5 Å². The van der Waals surface area contributed by atoms with Crippen molar-refractivity contribution in [1.82, 2.24) is 24.8 Å². The summed E-state index contributed by atoms with van der Waals surface area (Å²) in [5, 5.41) is 0. The molecule has 1 aliphatic carbocycles. The fourth-order valence-electron chi connectivity index (χ4n) is 2.64. The maximum atomic E-state index is 4.77. The minimum atomic E-state index is 0.630. The number of fused-ring (bicyclic) bond motifs is 1. The normalized spacial score (nSPS) is 19.4. The van der Waals surface area contributed by atoms with Crippen molar-refractivity contribution >= 4 is 0 Å². The summed E-state index contributed by atoms with van der Waals surface area (Å²) in [5.41, 5.74) is 2.54. The standard InChI is InChI=1S/C14H17N5/c1-2-10(1)14-17-7-11-3-6-19(8-12(11)18-14)9-13-15-4-5-16-13/h4-5,7,10H,1-3,6,8-9H2,(H,15,16). The van der Waals surface area contributed by atoms with Gasteiger partial charge in [-0.1, -0.05) is 0 Å². The molecule has 0 saturated heterocycles. The summed E-state index contributed by atoms with van der Waals surface area (Å²) in [6.45, 7) is 2.84. The number of nitrogens with one attached hydrogen (secondary N) is 1. The monoisotopic (exact) mass is 255 g/mol. The molecule has 4 rings (SSSR count). The molecular formula is C14H17N5. The van der Waals surface area contributed by atoms with Gasteiger partial charge in [-0.05, 0) is 24.8 Å². The first kappa shape index (κ1) is 11.1. The molecule has 2 aromatic rings. The third kappa shape index (κ3) is 2.26. The van der Waals surface area contributed by atoms with Crippen LogP contribution in [0.5, 0.6) is 0 Å². The molecule has 3 heterocycles. The molecule has 1 N–H and O–H groups in total. The fourth-order valence-corrected chi connectivity index (χ4v) is 2.64. The van der Waals surface area contributed by atoms with Gasteiger partial charge in [-0.15, -0.1) is 0 Å². The van der Waals surface area contributed by atoms with E-state index in [4.69, 9.17) is 4.98 Å². The molecule has 0 aromatic carbocycles. The first-order valence-electron chi connectivity index (χ1n) is 6.94. The van der Waals surface area contributed by atoms with Crippen molar-refractivity contribution in [2.75, 3.05) is 6.54 Å². The van der Waals surface area contributed by atoms with E-state index in [0.717, 1.165) is 37.7 Å². The van der Waals surface area contributed by atoms with Crippen LogP contribution in [0.2, 0.25) is 0 Å². The number of H-pyrrole nitrogens is 1. The van der Waals surface area contributed by atoms with E-state index in [1.807, 2.05) is 12.4 Å². The second-order valence-corrected chi connectivity index (χ2v) is 5.47. The number of aromatic nitrogens is 4. The summed E-state index contributed by atoms with van der Waals surface area (Å²) in [6, 6.07) is 0. The number of imidazole rings is 1. The summed E-state index contributed by atoms with van der Waals surface area (Å²) in [6.07, 6.45) is 9.28. The molecule has 0 amide bonds. The molecule has 0 unspecified atom stereocenters. The molecule has 0 atom stereocenters. The second-order valence-electron chi connectivity index (χ2n) is 5.47. The largest absolute Gasteiger partial charge is 0.348 e. The van der Waals surface area contributed by atoms with Gasteiger partial charge in [0, 0.05) is 37.6 Å². The summed E-state index contributed by atoms with van der Waals surface area (Å²) >= 11 is 0. The van der Waals surface area contributed by atoms with Crippen molar-refractivity contribution in [2.24, 2.45) is 0 Å². The number of hydrogen-bond donors (Lipinski definition) is 1. The zero-order chi connectivity index (χ0) is 12.7. The van der Waals surface area contributed by atoms with Crippen molar-refractivity contribution in [3.8, 4) is 0 Å². The molecule has 0 radical (unpaired) electrons. The Kier molecular flexibility index (Phi) is 2.58. The fraction of sp³-hybridized carbons (Fsp3) is 0.500. The highest BCUT2D eigenvalue weighted by Gasteiger charge is 2.28. The summed E-state index contributed by atoms with van der Waals surface area (Å²) in [7, 11) is 0. The lowest BCUT2D eigenvalue weighted by Crippen LogP contribution is -2.31. The maximum Gasteiger partial charge on any atom is 0.131 e. The first-order valence-corrected chi connectivity index (χ1v) is 6.94. The molecular weight excluding hydrogens is 238 g/mol. The average molecular weight is 255 g/mol. The number of hydrogen-bond acceptors (Lipinski definition) is 4. The van der Waals surface area contributed by atoms with Crippen molar-refractivity contribution < 1.29 is 0 Å². The Hall–Kier alpha value is -1.75. The van der Waals surface area contributed by atoms with Crippen LogP contribution in [0.4, 0.5) is 0 Å². The number of rotatable bonds is 3. The number of nitrogens with zero attached hydrogens (tertiary/aromatic N) is 4. The van der Waals surface area contributed by atoms with Crippen molar-refractivity contribution in [3.63, 3.8) is 0 Å². The van der Waals surface area contributed by atoms with Crippen LogP contribution in [0.25, 0.3) is 0 Å². The van der Waals surface area contributed by atoms with Gasteiger partial charge in [-0.2, -0.15) is 0 Å². The predicted octanol–water partition coefficient (Wildman–Crippen LogP) is 1.64. The van der Waals surface area contributed by atoms with E-state index in [1.165, 1.54) is 24.1 Å². The van der Waals surface area contributed by atoms with Crippen LogP contribution >= 0.6 is 0 Å². The smallest absolute Gasteiger partial charge is 0.131 e. The third-order valence-corrected chi connectivity index (χ3v) is 3.91. The second kappa shape index (κ2) is 4.42. The highest BCUT2D eigenvalue weighted by atomic mass is 15.2. The Morgan fingerprint density at radius 1 is 1.32 bits per heavy atom. The summed E-state index contributed by atoms with van der Waals surface area (Å²) in [4.78, 5) is 19.1. The van der Waals surface area contributed by atoms with Crippen molar-refractivity contribution in [1.29, 1.82) is 0 Å². The lowest BCUT2D eigenvalue weighted by molar-refractivity contribution is 0.235. The third-order valence-electron chi connectivity index (χ3n) is 3.91. The number of aromatic amines is 1. The van der Waals surface area contributed by atoms with Crippen LogP contribution in [0.3, 0.4) is 0 Å². The topological polar surface area (TPSA) is 57.7 Å². The van der Waals surface area contributed by atoms with Crippen LogP contribution in [-0.4, -0.2) is 31.4 Å². The van der Waals surface area contributed by atoms with Gasteiger partial charge in [-0.25, -0.2) is 15.0 Å². The van der Waals surface area contributed by atoms with Gasteiger partial charge in [0.15, 0.2) is 0 Å². The molecule has 2 aromatic heterocycles. The Morgan fingerprint density at radius 2 is 2.26 bits per heavy atom. The molecule has 0 bridgehead atoms.